The number of fused-ring (bicyclic) bond motifs is 1. The summed E-state index contributed by atoms with van der Waals surface area (Å²) in [7, 11) is 1.48. The topological polar surface area (TPSA) is 97.7 Å². The molecule has 2 saturated carbocycles. The first kappa shape index (κ1) is 31.3. The van der Waals surface area contributed by atoms with Crippen molar-refractivity contribution < 1.29 is 29.0 Å². The summed E-state index contributed by atoms with van der Waals surface area (Å²) in [6.45, 7) is 18.7. The third-order valence-electron chi connectivity index (χ3n) is 11.5. The Morgan fingerprint density at radius 3 is 2.23 bits per heavy atom. The van der Waals surface area contributed by atoms with Crippen LogP contribution in [0.2, 0.25) is 0 Å². The molecule has 2 fully saturated rings. The fraction of sp³-hybridized carbons (Fsp3) is 0.758. The quantitative estimate of drug-likeness (QED) is 0.212. The first-order valence-electron chi connectivity index (χ1n) is 14.6. The Balaban J connectivity index is 2.07. The molecule has 0 heterocycles. The van der Waals surface area contributed by atoms with Crippen LogP contribution in [0.25, 0.3) is 0 Å². The molecule has 3 aliphatic carbocycles. The Kier molecular flexibility index (Phi) is 8.27. The average molecular weight is 543 g/mol. The van der Waals surface area contributed by atoms with Crippen LogP contribution >= 0.6 is 0 Å². The highest BCUT2D eigenvalue weighted by Gasteiger charge is 2.59. The molecule has 0 amide bonds. The predicted octanol–water partition coefficient (Wildman–Crippen LogP) is 6.97. The maximum Gasteiger partial charge on any atom is 0.339 e. The van der Waals surface area contributed by atoms with Crippen LogP contribution in [0.5, 0.6) is 0 Å². The van der Waals surface area contributed by atoms with Crippen LogP contribution in [0.3, 0.4) is 0 Å². The molecule has 0 aromatic heterocycles. The van der Waals surface area contributed by atoms with E-state index in [2.05, 4.69) is 41.5 Å². The lowest BCUT2D eigenvalue weighted by atomic mass is 9.44. The van der Waals surface area contributed by atoms with Gasteiger partial charge in [0.1, 0.15) is 0 Å². The van der Waals surface area contributed by atoms with Gasteiger partial charge in [-0.15, -0.1) is 0 Å². The van der Waals surface area contributed by atoms with Crippen molar-refractivity contribution in [1.29, 1.82) is 0 Å². The zero-order chi connectivity index (χ0) is 29.8. The molecule has 0 spiro atoms. The summed E-state index contributed by atoms with van der Waals surface area (Å²) < 4.78 is 5.39. The van der Waals surface area contributed by atoms with Crippen LogP contribution in [0.1, 0.15) is 107 Å². The minimum absolute atomic E-state index is 0.0791. The number of Topliss-reactive ketones (excluding diaryl/α,β-unsaturated/α-hetero) is 1. The van der Waals surface area contributed by atoms with E-state index in [1.165, 1.54) is 14.0 Å². The summed E-state index contributed by atoms with van der Waals surface area (Å²) in [5.74, 6) is -2.09. The number of esters is 1. The molecule has 6 atom stereocenters. The number of carboxylic acids is 1. The highest BCUT2D eigenvalue weighted by Crippen LogP contribution is 2.65. The second-order valence-corrected chi connectivity index (χ2v) is 14.7. The molecule has 6 nitrogen and oxygen atoms in total. The number of methoxy groups -OCH3 is 1. The SMILES string of the molecule is COC(=O)[C@]1(CCC(C)(C)[C@]2(C)CC[C@H]3[C@H](C)C(=O)C(C(=O)O)=C[C@]3(C)/C2=C/C(C)=O)CCC(C)(C)CC1C. The molecule has 1 N–H and O–H groups in total. The first-order chi connectivity index (χ1) is 17.8. The highest BCUT2D eigenvalue weighted by molar-refractivity contribution is 6.18. The second-order valence-electron chi connectivity index (χ2n) is 14.7. The molecule has 218 valence electrons. The molecule has 0 aromatic rings. The van der Waals surface area contributed by atoms with Gasteiger partial charge in [-0.25, -0.2) is 4.79 Å². The van der Waals surface area contributed by atoms with Gasteiger partial charge >= 0.3 is 11.9 Å². The van der Waals surface area contributed by atoms with Gasteiger partial charge in [-0.1, -0.05) is 67.0 Å². The molecular weight excluding hydrogens is 492 g/mol. The Morgan fingerprint density at radius 1 is 1.10 bits per heavy atom. The van der Waals surface area contributed by atoms with Gasteiger partial charge in [0.25, 0.3) is 0 Å². The zero-order valence-electron chi connectivity index (χ0n) is 25.8. The molecule has 0 bridgehead atoms. The van der Waals surface area contributed by atoms with Gasteiger partial charge < -0.3 is 9.84 Å². The third kappa shape index (κ3) is 5.17. The molecular formula is C33H50O6. The van der Waals surface area contributed by atoms with Gasteiger partial charge in [-0.05, 0) is 86.0 Å². The summed E-state index contributed by atoms with van der Waals surface area (Å²) >= 11 is 0. The maximum absolute atomic E-state index is 13.3. The van der Waals surface area contributed by atoms with E-state index >= 15 is 0 Å². The number of carboxylic acid groups (broad SMARTS) is 1. The van der Waals surface area contributed by atoms with Crippen molar-refractivity contribution in [1.82, 2.24) is 0 Å². The van der Waals surface area contributed by atoms with Crippen molar-refractivity contribution in [2.45, 2.75) is 107 Å². The Bertz CT molecular complexity index is 1110. The lowest BCUT2D eigenvalue weighted by molar-refractivity contribution is -0.162. The highest BCUT2D eigenvalue weighted by atomic mass is 16.5. The Hall–Kier alpha value is -2.24. The van der Waals surface area contributed by atoms with Crippen molar-refractivity contribution >= 4 is 23.5 Å². The van der Waals surface area contributed by atoms with Gasteiger partial charge in [0.15, 0.2) is 11.6 Å². The largest absolute Gasteiger partial charge is 0.478 e. The van der Waals surface area contributed by atoms with Crippen LogP contribution in [-0.4, -0.2) is 35.7 Å². The standard InChI is InChI=1S/C33H50O6/c1-20-18-29(4,5)13-15-33(20,28(38)39-10)16-14-30(6,7)32(9)12-11-24-22(3)26(35)23(27(36)37)19-31(24,8)25(32)17-21(2)34/h17,19-20,22,24H,11-16,18H2,1-10H3,(H,36,37)/b25-17-/t20?,22-,24-,31-,32+,33-/m0/s1. The lowest BCUT2D eigenvalue weighted by Gasteiger charge is -2.59. The van der Waals surface area contributed by atoms with Crippen molar-refractivity contribution in [2.75, 3.05) is 7.11 Å². The number of carbonyl (C=O) groups is 4. The van der Waals surface area contributed by atoms with Crippen molar-refractivity contribution in [2.24, 2.45) is 44.8 Å². The van der Waals surface area contributed by atoms with Gasteiger partial charge in [-0.2, -0.15) is 0 Å². The molecule has 39 heavy (non-hydrogen) atoms. The number of allylic oxidation sites excluding steroid dienone is 3. The molecule has 1 unspecified atom stereocenters. The van der Waals surface area contributed by atoms with Crippen LogP contribution in [-0.2, 0) is 23.9 Å². The third-order valence-corrected chi connectivity index (χ3v) is 11.5. The van der Waals surface area contributed by atoms with Gasteiger partial charge in [-0.3, -0.25) is 14.4 Å². The molecule has 0 radical (unpaired) electrons. The lowest BCUT2D eigenvalue weighted by Crippen LogP contribution is -2.53. The minimum atomic E-state index is -1.21. The summed E-state index contributed by atoms with van der Waals surface area (Å²) in [6, 6.07) is 0. The van der Waals surface area contributed by atoms with E-state index in [4.69, 9.17) is 4.74 Å². The normalized spacial score (nSPS) is 37.6. The number of ketones is 2. The number of ether oxygens (including phenoxy) is 1. The number of rotatable bonds is 7. The average Bonchev–Trinajstić information content (AvgIpc) is 2.82. The summed E-state index contributed by atoms with van der Waals surface area (Å²) in [4.78, 5) is 51.0. The van der Waals surface area contributed by atoms with Gasteiger partial charge in [0.2, 0.25) is 0 Å². The molecule has 0 aliphatic heterocycles. The summed E-state index contributed by atoms with van der Waals surface area (Å²) in [5, 5.41) is 9.86. The van der Waals surface area contributed by atoms with Crippen LogP contribution in [0.4, 0.5) is 0 Å². The Morgan fingerprint density at radius 2 is 1.72 bits per heavy atom. The number of carbonyl (C=O) groups excluding carboxylic acids is 3. The predicted molar refractivity (Wildman–Crippen MR) is 152 cm³/mol. The Labute approximate surface area is 235 Å². The van der Waals surface area contributed by atoms with E-state index in [-0.39, 0.29) is 45.8 Å². The summed E-state index contributed by atoms with van der Waals surface area (Å²) in [5.41, 5.74) is -1.14. The number of aliphatic carboxylic acids is 1. The van der Waals surface area contributed by atoms with E-state index in [0.29, 0.717) is 6.42 Å². The summed E-state index contributed by atoms with van der Waals surface area (Å²) in [6.07, 6.45) is 9.04. The van der Waals surface area contributed by atoms with Crippen molar-refractivity contribution in [3.8, 4) is 0 Å². The van der Waals surface area contributed by atoms with Crippen LogP contribution in [0, 0.1) is 44.8 Å². The molecule has 3 rings (SSSR count). The molecule has 0 saturated heterocycles. The fourth-order valence-corrected chi connectivity index (χ4v) is 8.54. The van der Waals surface area contributed by atoms with Crippen LogP contribution < -0.4 is 0 Å². The molecule has 0 aromatic carbocycles. The first-order valence-corrected chi connectivity index (χ1v) is 14.6. The number of hydrogen-bond acceptors (Lipinski definition) is 5. The van der Waals surface area contributed by atoms with E-state index in [9.17, 15) is 24.3 Å². The zero-order valence-corrected chi connectivity index (χ0v) is 25.8. The maximum atomic E-state index is 13.3. The monoisotopic (exact) mass is 542 g/mol. The fourth-order valence-electron chi connectivity index (χ4n) is 8.54. The minimum Gasteiger partial charge on any atom is -0.478 e. The van der Waals surface area contributed by atoms with Crippen LogP contribution in [0.15, 0.2) is 23.3 Å². The molecule has 3 aliphatic rings. The smallest absolute Gasteiger partial charge is 0.339 e. The van der Waals surface area contributed by atoms with Gasteiger partial charge in [0.05, 0.1) is 18.1 Å². The van der Waals surface area contributed by atoms with E-state index < -0.39 is 28.1 Å². The van der Waals surface area contributed by atoms with E-state index in [1.807, 2.05) is 13.8 Å². The molecule has 6 heteroatoms. The van der Waals surface area contributed by atoms with Crippen molar-refractivity contribution in [3.63, 3.8) is 0 Å². The van der Waals surface area contributed by atoms with E-state index in [1.54, 1.807) is 12.2 Å². The van der Waals surface area contributed by atoms with Gasteiger partial charge in [0, 0.05) is 11.3 Å². The van der Waals surface area contributed by atoms with E-state index in [0.717, 1.165) is 44.1 Å². The second kappa shape index (κ2) is 10.3. The number of hydrogen-bond donors (Lipinski definition) is 1. The van der Waals surface area contributed by atoms with Crippen molar-refractivity contribution in [3.05, 3.63) is 23.3 Å².